The maximum absolute atomic E-state index is 6.06. The molecule has 1 aromatic rings. The summed E-state index contributed by atoms with van der Waals surface area (Å²) in [6.07, 6.45) is 8.08. The first-order valence-corrected chi connectivity index (χ1v) is 8.62. The maximum Gasteiger partial charge on any atom is 0.145 e. The van der Waals surface area contributed by atoms with Gasteiger partial charge in [-0.25, -0.2) is 0 Å². The molecule has 0 atom stereocenters. The van der Waals surface area contributed by atoms with Crippen molar-refractivity contribution in [2.45, 2.75) is 31.8 Å². The molecule has 5 nitrogen and oxygen atoms in total. The molecule has 2 N–H and O–H groups in total. The average Bonchev–Trinajstić information content (AvgIpc) is 2.58. The van der Waals surface area contributed by atoms with E-state index in [0.29, 0.717) is 11.6 Å². The molecule has 0 aromatic carbocycles. The second kappa shape index (κ2) is 7.21. The van der Waals surface area contributed by atoms with Crippen molar-refractivity contribution in [3.8, 4) is 5.75 Å². The van der Waals surface area contributed by atoms with Gasteiger partial charge in [-0.1, -0.05) is 6.58 Å². The first-order valence-electron chi connectivity index (χ1n) is 8.62. The summed E-state index contributed by atoms with van der Waals surface area (Å²) in [7, 11) is 2.19. The van der Waals surface area contributed by atoms with Crippen molar-refractivity contribution in [2.24, 2.45) is 5.92 Å². The van der Waals surface area contributed by atoms with E-state index < -0.39 is 0 Å². The Kier molecular flexibility index (Phi) is 5.06. The molecule has 23 heavy (non-hydrogen) atoms. The van der Waals surface area contributed by atoms with Crippen molar-refractivity contribution in [2.75, 3.05) is 39.0 Å². The number of hydrogen-bond donors (Lipinski definition) is 1. The largest absolute Gasteiger partial charge is 0.488 e. The van der Waals surface area contributed by atoms with Crippen LogP contribution in [0, 0.1) is 5.92 Å². The van der Waals surface area contributed by atoms with Crippen molar-refractivity contribution < 1.29 is 4.74 Å². The Labute approximate surface area is 139 Å². The van der Waals surface area contributed by atoms with Gasteiger partial charge in [0.15, 0.2) is 0 Å². The number of nitrogens with zero attached hydrogens (tertiary/aromatic N) is 3. The minimum atomic E-state index is 0.260. The van der Waals surface area contributed by atoms with E-state index in [1.54, 1.807) is 12.4 Å². The fourth-order valence-corrected chi connectivity index (χ4v) is 3.55. The van der Waals surface area contributed by atoms with Crippen LogP contribution in [0.3, 0.4) is 0 Å². The van der Waals surface area contributed by atoms with E-state index in [1.165, 1.54) is 5.70 Å². The van der Waals surface area contributed by atoms with Crippen LogP contribution in [0.15, 0.2) is 30.7 Å². The summed E-state index contributed by atoms with van der Waals surface area (Å²) in [6, 6.07) is 1.85. The SMILES string of the molecule is C=C(C1CCC(Oc2ccncc2N)CC1)N1CCN(C)CC1. The van der Waals surface area contributed by atoms with E-state index >= 15 is 0 Å². The third kappa shape index (κ3) is 3.96. The molecule has 1 aromatic heterocycles. The standard InChI is InChI=1S/C18H28N4O/c1-14(22-11-9-21(2)10-12-22)15-3-5-16(6-4-15)23-18-7-8-20-13-17(18)19/h7-8,13,15-16H,1,3-6,9-12,19H2,2H3. The van der Waals surface area contributed by atoms with Crippen LogP contribution in [-0.2, 0) is 0 Å². The normalized spacial score (nSPS) is 26.0. The first-order chi connectivity index (χ1) is 11.1. The van der Waals surface area contributed by atoms with Gasteiger partial charge in [0.25, 0.3) is 0 Å². The van der Waals surface area contributed by atoms with Gasteiger partial charge >= 0.3 is 0 Å². The molecular formula is C18H28N4O. The van der Waals surface area contributed by atoms with Crippen LogP contribution in [0.25, 0.3) is 0 Å². The second-order valence-electron chi connectivity index (χ2n) is 6.79. The molecule has 0 radical (unpaired) electrons. The molecule has 3 rings (SSSR count). The van der Waals surface area contributed by atoms with Crippen molar-refractivity contribution in [3.05, 3.63) is 30.7 Å². The van der Waals surface area contributed by atoms with Crippen LogP contribution in [-0.4, -0.2) is 54.1 Å². The van der Waals surface area contributed by atoms with E-state index in [0.717, 1.165) is 57.6 Å². The quantitative estimate of drug-likeness (QED) is 0.924. The highest BCUT2D eigenvalue weighted by molar-refractivity contribution is 5.49. The number of hydrogen-bond acceptors (Lipinski definition) is 5. The fraction of sp³-hybridized carbons (Fsp3) is 0.611. The summed E-state index contributed by atoms with van der Waals surface area (Å²) in [4.78, 5) is 8.87. The number of likely N-dealkylation sites (N-methyl/N-ethyl adjacent to an activating group) is 1. The van der Waals surface area contributed by atoms with Gasteiger partial charge in [0.05, 0.1) is 18.0 Å². The van der Waals surface area contributed by atoms with Gasteiger partial charge in [-0.15, -0.1) is 0 Å². The van der Waals surface area contributed by atoms with Gasteiger partial charge in [-0.2, -0.15) is 0 Å². The molecule has 0 spiro atoms. The molecule has 0 bridgehead atoms. The highest BCUT2D eigenvalue weighted by Gasteiger charge is 2.27. The van der Waals surface area contributed by atoms with Gasteiger partial charge in [-0.05, 0) is 38.6 Å². The number of aromatic nitrogens is 1. The van der Waals surface area contributed by atoms with Crippen LogP contribution in [0.5, 0.6) is 5.75 Å². The average molecular weight is 316 g/mol. The topological polar surface area (TPSA) is 54.6 Å². The Morgan fingerprint density at radius 3 is 2.57 bits per heavy atom. The highest BCUT2D eigenvalue weighted by Crippen LogP contribution is 2.34. The lowest BCUT2D eigenvalue weighted by Gasteiger charge is -2.40. The Morgan fingerprint density at radius 2 is 1.91 bits per heavy atom. The molecule has 1 aliphatic carbocycles. The predicted octanol–water partition coefficient (Wildman–Crippen LogP) is 2.36. The highest BCUT2D eigenvalue weighted by atomic mass is 16.5. The molecule has 1 saturated carbocycles. The number of ether oxygens (including phenoxy) is 1. The van der Waals surface area contributed by atoms with Crippen molar-refractivity contribution in [1.29, 1.82) is 0 Å². The molecule has 126 valence electrons. The Hall–Kier alpha value is -1.75. The van der Waals surface area contributed by atoms with Gasteiger partial charge in [0.2, 0.25) is 0 Å². The third-order valence-corrected chi connectivity index (χ3v) is 5.16. The van der Waals surface area contributed by atoms with Crippen molar-refractivity contribution >= 4 is 5.69 Å². The third-order valence-electron chi connectivity index (χ3n) is 5.16. The summed E-state index contributed by atoms with van der Waals surface area (Å²) in [5.74, 6) is 1.37. The number of piperazine rings is 1. The molecule has 1 saturated heterocycles. The fourth-order valence-electron chi connectivity index (χ4n) is 3.55. The number of allylic oxidation sites excluding steroid dienone is 1. The lowest BCUT2D eigenvalue weighted by molar-refractivity contribution is 0.120. The van der Waals surface area contributed by atoms with E-state index in [2.05, 4.69) is 28.4 Å². The van der Waals surface area contributed by atoms with E-state index in [4.69, 9.17) is 10.5 Å². The molecule has 2 heterocycles. The second-order valence-corrected chi connectivity index (χ2v) is 6.79. The molecular weight excluding hydrogens is 288 g/mol. The molecule has 2 aliphatic rings. The molecule has 0 unspecified atom stereocenters. The first kappa shape index (κ1) is 16.1. The number of nitrogens with two attached hydrogens (primary N) is 1. The van der Waals surface area contributed by atoms with Gasteiger partial charge in [0.1, 0.15) is 5.75 Å². The summed E-state index contributed by atoms with van der Waals surface area (Å²) in [5, 5.41) is 0. The minimum Gasteiger partial charge on any atom is -0.488 e. The van der Waals surface area contributed by atoms with E-state index in [1.807, 2.05) is 6.07 Å². The van der Waals surface area contributed by atoms with Crippen molar-refractivity contribution in [1.82, 2.24) is 14.8 Å². The zero-order valence-electron chi connectivity index (χ0n) is 14.1. The molecule has 5 heteroatoms. The Balaban J connectivity index is 1.48. The lowest BCUT2D eigenvalue weighted by Crippen LogP contribution is -2.45. The Morgan fingerprint density at radius 1 is 1.22 bits per heavy atom. The zero-order valence-corrected chi connectivity index (χ0v) is 14.1. The van der Waals surface area contributed by atoms with Gasteiger partial charge in [0, 0.05) is 44.1 Å². The summed E-state index contributed by atoms with van der Waals surface area (Å²) in [5.41, 5.74) is 7.86. The molecule has 2 fully saturated rings. The van der Waals surface area contributed by atoms with Gasteiger partial charge in [-0.3, -0.25) is 4.98 Å². The van der Waals surface area contributed by atoms with Crippen LogP contribution >= 0.6 is 0 Å². The number of anilines is 1. The molecule has 1 aliphatic heterocycles. The zero-order chi connectivity index (χ0) is 16.2. The maximum atomic E-state index is 6.06. The van der Waals surface area contributed by atoms with Crippen LogP contribution in [0.4, 0.5) is 5.69 Å². The predicted molar refractivity (Wildman–Crippen MR) is 93.2 cm³/mol. The smallest absolute Gasteiger partial charge is 0.145 e. The summed E-state index contributed by atoms with van der Waals surface area (Å²) < 4.78 is 6.06. The number of nitrogen functional groups attached to an aromatic ring is 1. The van der Waals surface area contributed by atoms with E-state index in [9.17, 15) is 0 Å². The number of rotatable bonds is 4. The van der Waals surface area contributed by atoms with Gasteiger partial charge < -0.3 is 20.3 Å². The number of pyridine rings is 1. The van der Waals surface area contributed by atoms with E-state index in [-0.39, 0.29) is 6.10 Å². The summed E-state index contributed by atoms with van der Waals surface area (Å²) >= 11 is 0. The minimum absolute atomic E-state index is 0.260. The van der Waals surface area contributed by atoms with Crippen LogP contribution in [0.1, 0.15) is 25.7 Å². The van der Waals surface area contributed by atoms with Crippen LogP contribution < -0.4 is 10.5 Å². The summed E-state index contributed by atoms with van der Waals surface area (Å²) in [6.45, 7) is 8.88. The lowest BCUT2D eigenvalue weighted by atomic mass is 9.85. The van der Waals surface area contributed by atoms with Crippen LogP contribution in [0.2, 0.25) is 0 Å². The monoisotopic (exact) mass is 316 g/mol. The van der Waals surface area contributed by atoms with Crippen molar-refractivity contribution in [3.63, 3.8) is 0 Å². The molecule has 0 amide bonds. The Bertz CT molecular complexity index is 532.